The Bertz CT molecular complexity index is 284. The topological polar surface area (TPSA) is 37.8 Å². The van der Waals surface area contributed by atoms with E-state index in [1.807, 2.05) is 6.20 Å². The van der Waals surface area contributed by atoms with Crippen LogP contribution in [0.3, 0.4) is 0 Å². The van der Waals surface area contributed by atoms with Crippen molar-refractivity contribution in [2.45, 2.75) is 18.8 Å². The molecule has 1 fully saturated rings. The van der Waals surface area contributed by atoms with Gasteiger partial charge in [0.25, 0.3) is 0 Å². The standard InChI is InChI=1S/C9H12BrN3/c10-9-6-12-5-8(13-9)7-2-1-3-11-4-7/h5-7,11H,1-4H2. The summed E-state index contributed by atoms with van der Waals surface area (Å²) >= 11 is 3.33. The van der Waals surface area contributed by atoms with Gasteiger partial charge in [0.15, 0.2) is 0 Å². The van der Waals surface area contributed by atoms with Crippen molar-refractivity contribution in [2.75, 3.05) is 13.1 Å². The summed E-state index contributed by atoms with van der Waals surface area (Å²) in [7, 11) is 0. The fourth-order valence-electron chi connectivity index (χ4n) is 1.66. The van der Waals surface area contributed by atoms with Crippen LogP contribution in [-0.4, -0.2) is 23.1 Å². The lowest BCUT2D eigenvalue weighted by atomic mass is 9.97. The zero-order chi connectivity index (χ0) is 9.10. The van der Waals surface area contributed by atoms with Crippen molar-refractivity contribution in [1.29, 1.82) is 0 Å². The van der Waals surface area contributed by atoms with Crippen molar-refractivity contribution in [1.82, 2.24) is 15.3 Å². The number of nitrogens with zero attached hydrogens (tertiary/aromatic N) is 2. The Morgan fingerprint density at radius 2 is 2.38 bits per heavy atom. The molecule has 0 radical (unpaired) electrons. The molecule has 1 atom stereocenters. The second-order valence-corrected chi connectivity index (χ2v) is 4.12. The number of hydrogen-bond acceptors (Lipinski definition) is 3. The second kappa shape index (κ2) is 4.15. The largest absolute Gasteiger partial charge is 0.316 e. The van der Waals surface area contributed by atoms with Gasteiger partial charge in [-0.3, -0.25) is 4.98 Å². The third-order valence-corrected chi connectivity index (χ3v) is 2.72. The molecule has 1 aliphatic rings. The van der Waals surface area contributed by atoms with Crippen LogP contribution in [0.15, 0.2) is 17.0 Å². The van der Waals surface area contributed by atoms with Crippen LogP contribution in [-0.2, 0) is 0 Å². The van der Waals surface area contributed by atoms with E-state index in [-0.39, 0.29) is 0 Å². The summed E-state index contributed by atoms with van der Waals surface area (Å²) in [5.41, 5.74) is 1.10. The summed E-state index contributed by atoms with van der Waals surface area (Å²) in [6.45, 7) is 2.17. The van der Waals surface area contributed by atoms with E-state index in [1.165, 1.54) is 12.8 Å². The Balaban J connectivity index is 2.14. The molecule has 0 saturated carbocycles. The Kier molecular flexibility index (Phi) is 2.90. The molecular formula is C9H12BrN3. The number of halogens is 1. The van der Waals surface area contributed by atoms with Crippen LogP contribution < -0.4 is 5.32 Å². The van der Waals surface area contributed by atoms with Crippen molar-refractivity contribution in [3.63, 3.8) is 0 Å². The second-order valence-electron chi connectivity index (χ2n) is 3.31. The molecule has 0 spiro atoms. The predicted molar refractivity (Wildman–Crippen MR) is 54.6 cm³/mol. The highest BCUT2D eigenvalue weighted by Gasteiger charge is 2.16. The number of nitrogens with one attached hydrogen (secondary N) is 1. The summed E-state index contributed by atoms with van der Waals surface area (Å²) < 4.78 is 0.829. The van der Waals surface area contributed by atoms with Crippen molar-refractivity contribution in [2.24, 2.45) is 0 Å². The minimum absolute atomic E-state index is 0.541. The first-order valence-corrected chi connectivity index (χ1v) is 5.34. The first-order chi connectivity index (χ1) is 6.36. The molecule has 0 aromatic carbocycles. The van der Waals surface area contributed by atoms with Crippen molar-refractivity contribution < 1.29 is 0 Å². The van der Waals surface area contributed by atoms with E-state index < -0.39 is 0 Å². The van der Waals surface area contributed by atoms with Crippen LogP contribution in [0.2, 0.25) is 0 Å². The van der Waals surface area contributed by atoms with Crippen molar-refractivity contribution in [3.05, 3.63) is 22.7 Å². The summed E-state index contributed by atoms with van der Waals surface area (Å²) in [4.78, 5) is 8.53. The highest BCUT2D eigenvalue weighted by molar-refractivity contribution is 9.10. The summed E-state index contributed by atoms with van der Waals surface area (Å²) in [5, 5.41) is 3.37. The van der Waals surface area contributed by atoms with Gasteiger partial charge in [0.05, 0.1) is 11.9 Å². The van der Waals surface area contributed by atoms with Crippen molar-refractivity contribution >= 4 is 15.9 Å². The quantitative estimate of drug-likeness (QED) is 0.814. The lowest BCUT2D eigenvalue weighted by molar-refractivity contribution is 0.453. The third-order valence-electron chi connectivity index (χ3n) is 2.34. The van der Waals surface area contributed by atoms with Gasteiger partial charge in [-0.2, -0.15) is 0 Å². The van der Waals surface area contributed by atoms with Crippen LogP contribution >= 0.6 is 15.9 Å². The lowest BCUT2D eigenvalue weighted by Gasteiger charge is -2.21. The van der Waals surface area contributed by atoms with E-state index in [1.54, 1.807) is 6.20 Å². The van der Waals surface area contributed by atoms with Crippen molar-refractivity contribution in [3.8, 4) is 0 Å². The van der Waals surface area contributed by atoms with E-state index in [0.29, 0.717) is 5.92 Å². The van der Waals surface area contributed by atoms with Gasteiger partial charge in [-0.25, -0.2) is 4.98 Å². The molecule has 0 amide bonds. The smallest absolute Gasteiger partial charge is 0.124 e. The SMILES string of the molecule is Brc1cncc(C2CCCNC2)n1. The molecule has 1 aliphatic heterocycles. The van der Waals surface area contributed by atoms with Gasteiger partial charge in [-0.05, 0) is 35.3 Å². The van der Waals surface area contributed by atoms with E-state index in [9.17, 15) is 0 Å². The fraction of sp³-hybridized carbons (Fsp3) is 0.556. The fourth-order valence-corrected chi connectivity index (χ4v) is 1.98. The molecule has 1 saturated heterocycles. The Hall–Kier alpha value is -0.480. The molecule has 2 rings (SSSR count). The van der Waals surface area contributed by atoms with Crippen LogP contribution in [0, 0.1) is 0 Å². The Morgan fingerprint density at radius 3 is 3.08 bits per heavy atom. The van der Waals surface area contributed by atoms with Gasteiger partial charge in [-0.1, -0.05) is 0 Å². The molecule has 1 unspecified atom stereocenters. The van der Waals surface area contributed by atoms with E-state index in [4.69, 9.17) is 0 Å². The average molecular weight is 242 g/mol. The summed E-state index contributed by atoms with van der Waals surface area (Å²) in [6.07, 6.45) is 6.04. The first-order valence-electron chi connectivity index (χ1n) is 4.54. The monoisotopic (exact) mass is 241 g/mol. The van der Waals surface area contributed by atoms with Crippen LogP contribution in [0.5, 0.6) is 0 Å². The molecule has 1 aromatic rings. The summed E-state index contributed by atoms with van der Waals surface area (Å²) in [6, 6.07) is 0. The molecule has 2 heterocycles. The highest BCUT2D eigenvalue weighted by atomic mass is 79.9. The number of piperidine rings is 1. The third kappa shape index (κ3) is 2.25. The number of rotatable bonds is 1. The molecule has 13 heavy (non-hydrogen) atoms. The molecule has 0 aliphatic carbocycles. The first kappa shape index (κ1) is 9.09. The van der Waals surface area contributed by atoms with Gasteiger partial charge in [-0.15, -0.1) is 0 Å². The maximum atomic E-state index is 4.41. The zero-order valence-electron chi connectivity index (χ0n) is 7.33. The number of hydrogen-bond donors (Lipinski definition) is 1. The molecule has 3 nitrogen and oxygen atoms in total. The zero-order valence-corrected chi connectivity index (χ0v) is 8.92. The lowest BCUT2D eigenvalue weighted by Crippen LogP contribution is -2.28. The molecule has 4 heteroatoms. The normalized spacial score (nSPS) is 23.0. The van der Waals surface area contributed by atoms with Gasteiger partial charge < -0.3 is 5.32 Å². The molecular weight excluding hydrogens is 230 g/mol. The van der Waals surface area contributed by atoms with E-state index in [2.05, 4.69) is 31.2 Å². The highest BCUT2D eigenvalue weighted by Crippen LogP contribution is 2.21. The van der Waals surface area contributed by atoms with Gasteiger partial charge in [0, 0.05) is 18.7 Å². The minimum atomic E-state index is 0.541. The number of aromatic nitrogens is 2. The molecule has 0 bridgehead atoms. The Labute approximate surface area is 86.1 Å². The maximum Gasteiger partial charge on any atom is 0.124 e. The van der Waals surface area contributed by atoms with Crippen LogP contribution in [0.1, 0.15) is 24.5 Å². The summed E-state index contributed by atoms with van der Waals surface area (Å²) in [5.74, 6) is 0.541. The van der Waals surface area contributed by atoms with Crippen LogP contribution in [0.25, 0.3) is 0 Å². The van der Waals surface area contributed by atoms with E-state index >= 15 is 0 Å². The molecule has 1 N–H and O–H groups in total. The van der Waals surface area contributed by atoms with Gasteiger partial charge in [0.2, 0.25) is 0 Å². The maximum absolute atomic E-state index is 4.41. The van der Waals surface area contributed by atoms with Crippen LogP contribution in [0.4, 0.5) is 0 Å². The minimum Gasteiger partial charge on any atom is -0.316 e. The van der Waals surface area contributed by atoms with E-state index in [0.717, 1.165) is 23.4 Å². The molecule has 1 aromatic heterocycles. The van der Waals surface area contributed by atoms with Gasteiger partial charge in [0.1, 0.15) is 4.60 Å². The average Bonchev–Trinajstić information content (AvgIpc) is 2.19. The molecule has 70 valence electrons. The Morgan fingerprint density at radius 1 is 1.46 bits per heavy atom. The predicted octanol–water partition coefficient (Wildman–Crippen LogP) is 1.71. The van der Waals surface area contributed by atoms with Gasteiger partial charge >= 0.3 is 0 Å².